The summed E-state index contributed by atoms with van der Waals surface area (Å²) in [5.41, 5.74) is 2.42. The highest BCUT2D eigenvalue weighted by molar-refractivity contribution is 8.04. The summed E-state index contributed by atoms with van der Waals surface area (Å²) in [4.78, 5) is 24.5. The summed E-state index contributed by atoms with van der Waals surface area (Å²) >= 11 is 1.46. The molecule has 6 heteroatoms. The average molecular weight is 348 g/mol. The van der Waals surface area contributed by atoms with Gasteiger partial charge < -0.3 is 4.57 Å². The monoisotopic (exact) mass is 348 g/mol. The third-order valence-electron chi connectivity index (χ3n) is 3.97. The Labute approximate surface area is 147 Å². The van der Waals surface area contributed by atoms with Gasteiger partial charge in [-0.3, -0.25) is 14.9 Å². The van der Waals surface area contributed by atoms with Crippen LogP contribution in [-0.2, 0) is 0 Å². The van der Waals surface area contributed by atoms with Crippen molar-refractivity contribution in [2.45, 2.75) is 4.90 Å². The molecular weight excluding hydrogens is 336 g/mol. The van der Waals surface area contributed by atoms with Gasteiger partial charge in [0.1, 0.15) is 0 Å². The molecule has 2 heterocycles. The number of nitrogens with zero attached hydrogens (tertiary/aromatic N) is 2. The van der Waals surface area contributed by atoms with Crippen LogP contribution in [0.2, 0.25) is 0 Å². The average Bonchev–Trinajstić information content (AvgIpc) is 3.21. The highest BCUT2D eigenvalue weighted by atomic mass is 32.2. The number of nitro benzene ring substituents is 1. The van der Waals surface area contributed by atoms with Crippen molar-refractivity contribution < 1.29 is 9.72 Å². The Hall–Kier alpha value is -3.12. The number of carbonyl (C=O) groups is 1. The molecule has 0 fully saturated rings. The second-order valence-corrected chi connectivity index (χ2v) is 6.60. The predicted molar refractivity (Wildman–Crippen MR) is 97.0 cm³/mol. The molecule has 0 N–H and O–H groups in total. The number of thioether (sulfide) groups is 1. The smallest absolute Gasteiger partial charge is 0.269 e. The first kappa shape index (κ1) is 15.4. The van der Waals surface area contributed by atoms with E-state index in [1.54, 1.807) is 12.1 Å². The second-order valence-electron chi connectivity index (χ2n) is 5.51. The molecule has 3 aromatic rings. The van der Waals surface area contributed by atoms with Gasteiger partial charge in [0, 0.05) is 40.2 Å². The lowest BCUT2D eigenvalue weighted by Gasteiger charge is -2.06. The number of rotatable bonds is 3. The third-order valence-corrected chi connectivity index (χ3v) is 5.07. The van der Waals surface area contributed by atoms with Crippen LogP contribution in [0.15, 0.2) is 76.7 Å². The number of non-ortho nitro benzene ring substituents is 1. The van der Waals surface area contributed by atoms with Crippen molar-refractivity contribution in [2.75, 3.05) is 0 Å². The van der Waals surface area contributed by atoms with Gasteiger partial charge >= 0.3 is 0 Å². The molecule has 0 radical (unpaired) electrons. The number of hydrogen-bond donors (Lipinski definition) is 0. The fraction of sp³-hybridized carbons (Fsp3) is 0. The van der Waals surface area contributed by atoms with Gasteiger partial charge in [-0.1, -0.05) is 23.9 Å². The van der Waals surface area contributed by atoms with Crippen LogP contribution in [0.4, 0.5) is 5.69 Å². The fourth-order valence-corrected chi connectivity index (χ4v) is 3.79. The van der Waals surface area contributed by atoms with Gasteiger partial charge in [0.05, 0.1) is 9.83 Å². The van der Waals surface area contributed by atoms with Crippen molar-refractivity contribution in [1.29, 1.82) is 0 Å². The second kappa shape index (κ2) is 6.07. The van der Waals surface area contributed by atoms with E-state index in [2.05, 4.69) is 0 Å². The lowest BCUT2D eigenvalue weighted by Crippen LogP contribution is -1.98. The van der Waals surface area contributed by atoms with Crippen LogP contribution >= 0.6 is 11.8 Å². The van der Waals surface area contributed by atoms with Gasteiger partial charge in [-0.15, -0.1) is 0 Å². The molecule has 0 saturated heterocycles. The number of ketones is 1. The molecule has 1 aliphatic rings. The molecule has 0 aliphatic carbocycles. The van der Waals surface area contributed by atoms with E-state index in [1.807, 2.05) is 53.2 Å². The molecule has 0 saturated carbocycles. The number of fused-ring (bicyclic) bond motifs is 1. The van der Waals surface area contributed by atoms with E-state index in [9.17, 15) is 14.9 Å². The third kappa shape index (κ3) is 2.77. The van der Waals surface area contributed by atoms with E-state index in [4.69, 9.17) is 0 Å². The Morgan fingerprint density at radius 1 is 1.00 bits per heavy atom. The van der Waals surface area contributed by atoms with Gasteiger partial charge in [0.15, 0.2) is 0 Å². The van der Waals surface area contributed by atoms with Crippen LogP contribution in [0.25, 0.3) is 11.8 Å². The van der Waals surface area contributed by atoms with Crippen molar-refractivity contribution in [3.05, 3.63) is 93.1 Å². The topological polar surface area (TPSA) is 65.1 Å². The molecule has 0 spiro atoms. The molecule has 0 atom stereocenters. The molecule has 0 amide bonds. The van der Waals surface area contributed by atoms with Gasteiger partial charge in [-0.05, 0) is 42.5 Å². The number of Topliss-reactive ketones (excluding diaryl/α,β-unsaturated/α-hetero) is 1. The van der Waals surface area contributed by atoms with Crippen LogP contribution in [0.5, 0.6) is 0 Å². The van der Waals surface area contributed by atoms with Gasteiger partial charge in [0.2, 0.25) is 5.78 Å². The summed E-state index contributed by atoms with van der Waals surface area (Å²) < 4.78 is 1.90. The van der Waals surface area contributed by atoms with E-state index in [-0.39, 0.29) is 11.5 Å². The maximum absolute atomic E-state index is 12.5. The molecule has 0 bridgehead atoms. The summed E-state index contributed by atoms with van der Waals surface area (Å²) in [7, 11) is 0. The van der Waals surface area contributed by atoms with Crippen molar-refractivity contribution in [3.8, 4) is 5.69 Å². The summed E-state index contributed by atoms with van der Waals surface area (Å²) in [6, 6.07) is 17.7. The molecular formula is C19H12N2O3S. The minimum absolute atomic E-state index is 0.0250. The van der Waals surface area contributed by atoms with Gasteiger partial charge in [0.25, 0.3) is 5.69 Å². The maximum atomic E-state index is 12.5. The molecule has 122 valence electrons. The number of benzene rings is 2. The van der Waals surface area contributed by atoms with Gasteiger partial charge in [-0.25, -0.2) is 0 Å². The Kier molecular flexibility index (Phi) is 3.74. The van der Waals surface area contributed by atoms with Crippen LogP contribution < -0.4 is 0 Å². The van der Waals surface area contributed by atoms with E-state index in [0.29, 0.717) is 4.91 Å². The molecule has 1 aliphatic heterocycles. The minimum atomic E-state index is -0.423. The van der Waals surface area contributed by atoms with E-state index >= 15 is 0 Å². The van der Waals surface area contributed by atoms with E-state index in [1.165, 1.54) is 23.9 Å². The molecule has 0 unspecified atom stereocenters. The van der Waals surface area contributed by atoms with Crippen molar-refractivity contribution in [2.24, 2.45) is 0 Å². The molecule has 25 heavy (non-hydrogen) atoms. The van der Waals surface area contributed by atoms with Crippen LogP contribution in [0.1, 0.15) is 16.1 Å². The highest BCUT2D eigenvalue weighted by Gasteiger charge is 2.25. The molecule has 1 aromatic heterocycles. The normalized spacial score (nSPS) is 14.7. The van der Waals surface area contributed by atoms with E-state index in [0.717, 1.165) is 21.8 Å². The number of nitro groups is 1. The maximum Gasteiger partial charge on any atom is 0.269 e. The standard InChI is InChI=1S/C19H12N2O3S/c22-19-16-5-1-2-6-17(16)25-18(19)12-15-4-3-11-20(15)13-7-9-14(10-8-13)21(23)24/h1-12H/b18-12-. The van der Waals surface area contributed by atoms with Crippen LogP contribution in [0, 0.1) is 10.1 Å². The van der Waals surface area contributed by atoms with Crippen molar-refractivity contribution in [3.63, 3.8) is 0 Å². The lowest BCUT2D eigenvalue weighted by atomic mass is 10.1. The molecule has 4 rings (SSSR count). The Bertz CT molecular complexity index is 1020. The van der Waals surface area contributed by atoms with E-state index < -0.39 is 4.92 Å². The zero-order valence-corrected chi connectivity index (χ0v) is 13.8. The van der Waals surface area contributed by atoms with Gasteiger partial charge in [-0.2, -0.15) is 0 Å². The first-order valence-electron chi connectivity index (χ1n) is 7.59. The predicted octanol–water partition coefficient (Wildman–Crippen LogP) is 4.72. The number of carbonyl (C=O) groups excluding carboxylic acids is 1. The van der Waals surface area contributed by atoms with Crippen molar-refractivity contribution in [1.82, 2.24) is 4.57 Å². The number of allylic oxidation sites excluding steroid dienone is 1. The number of hydrogen-bond acceptors (Lipinski definition) is 4. The SMILES string of the molecule is O=C1/C(=C/c2cccn2-c2ccc([N+](=O)[O-])cc2)Sc2ccccc21. The summed E-state index contributed by atoms with van der Waals surface area (Å²) in [5, 5.41) is 10.8. The number of aromatic nitrogens is 1. The van der Waals surface area contributed by atoms with Crippen LogP contribution in [-0.4, -0.2) is 15.3 Å². The Balaban J connectivity index is 1.69. The fourth-order valence-electron chi connectivity index (χ4n) is 2.75. The molecule has 5 nitrogen and oxygen atoms in total. The summed E-state index contributed by atoms with van der Waals surface area (Å²) in [6.07, 6.45) is 3.72. The first-order valence-corrected chi connectivity index (χ1v) is 8.40. The zero-order valence-electron chi connectivity index (χ0n) is 13.0. The summed E-state index contributed by atoms with van der Waals surface area (Å²) in [5.74, 6) is 0.0250. The first-order chi connectivity index (χ1) is 12.1. The Morgan fingerprint density at radius 3 is 2.48 bits per heavy atom. The lowest BCUT2D eigenvalue weighted by molar-refractivity contribution is -0.384. The Morgan fingerprint density at radius 2 is 1.76 bits per heavy atom. The minimum Gasteiger partial charge on any atom is -0.317 e. The zero-order chi connectivity index (χ0) is 17.4. The van der Waals surface area contributed by atoms with Crippen molar-refractivity contribution >= 4 is 29.3 Å². The molecule has 2 aromatic carbocycles. The van der Waals surface area contributed by atoms with Crippen LogP contribution in [0.3, 0.4) is 0 Å². The largest absolute Gasteiger partial charge is 0.317 e. The summed E-state index contributed by atoms with van der Waals surface area (Å²) in [6.45, 7) is 0. The highest BCUT2D eigenvalue weighted by Crippen LogP contribution is 2.40. The quantitative estimate of drug-likeness (QED) is 0.390.